The van der Waals surface area contributed by atoms with Crippen molar-refractivity contribution in [3.05, 3.63) is 82.4 Å². The first-order chi connectivity index (χ1) is 15.4. The van der Waals surface area contributed by atoms with E-state index in [1.807, 2.05) is 0 Å². The molecule has 0 fully saturated rings. The number of nitrogens with two attached hydrogens (primary N) is 1. The summed E-state index contributed by atoms with van der Waals surface area (Å²) in [5, 5.41) is 2.13. The molecule has 0 saturated carbocycles. The van der Waals surface area contributed by atoms with Crippen molar-refractivity contribution in [2.24, 2.45) is 5.73 Å². The molecule has 2 amide bonds. The van der Waals surface area contributed by atoms with Gasteiger partial charge in [0.2, 0.25) is 0 Å². The molecule has 12 heteroatoms. The van der Waals surface area contributed by atoms with Crippen LogP contribution in [-0.4, -0.2) is 16.8 Å². The fourth-order valence-electron chi connectivity index (χ4n) is 2.77. The smallest absolute Gasteiger partial charge is 0.419 e. The normalized spacial score (nSPS) is 11.2. The van der Waals surface area contributed by atoms with Crippen LogP contribution in [0, 0.1) is 24.4 Å². The van der Waals surface area contributed by atoms with Crippen molar-refractivity contribution in [3.63, 3.8) is 0 Å². The highest BCUT2D eigenvalue weighted by molar-refractivity contribution is 6.07. The van der Waals surface area contributed by atoms with Gasteiger partial charge in [0.1, 0.15) is 22.8 Å². The molecule has 3 rings (SSSR count). The highest BCUT2D eigenvalue weighted by Gasteiger charge is 2.37. The predicted octanol–water partition coefficient (Wildman–Crippen LogP) is 4.97. The molecule has 0 aliphatic carbocycles. The second-order valence-corrected chi connectivity index (χ2v) is 6.63. The number of halogens is 6. The van der Waals surface area contributed by atoms with E-state index in [9.17, 15) is 35.9 Å². The van der Waals surface area contributed by atoms with E-state index in [0.717, 1.165) is 25.3 Å². The first-order valence-corrected chi connectivity index (χ1v) is 8.99. The molecule has 1 heterocycles. The fraction of sp³-hybridized carbons (Fsp3) is 0.0952. The maximum atomic E-state index is 14.9. The lowest BCUT2D eigenvalue weighted by Crippen LogP contribution is -2.19. The van der Waals surface area contributed by atoms with Gasteiger partial charge >= 0.3 is 6.18 Å². The molecule has 0 atom stereocenters. The second kappa shape index (κ2) is 8.81. The van der Waals surface area contributed by atoms with Crippen molar-refractivity contribution in [3.8, 4) is 11.5 Å². The van der Waals surface area contributed by atoms with Crippen molar-refractivity contribution in [1.29, 1.82) is 0 Å². The Labute approximate surface area is 182 Å². The summed E-state index contributed by atoms with van der Waals surface area (Å²) >= 11 is 0. The van der Waals surface area contributed by atoms with E-state index >= 15 is 0 Å². The number of nitrogens with zero attached hydrogens (tertiary/aromatic N) is 1. The van der Waals surface area contributed by atoms with Gasteiger partial charge in [0.25, 0.3) is 11.8 Å². The molecule has 1 aromatic heterocycles. The Bertz CT molecular complexity index is 1260. The Morgan fingerprint density at radius 3 is 2.30 bits per heavy atom. The van der Waals surface area contributed by atoms with Crippen LogP contribution < -0.4 is 15.8 Å². The maximum absolute atomic E-state index is 14.9. The van der Waals surface area contributed by atoms with Gasteiger partial charge in [-0.25, -0.2) is 13.2 Å². The minimum atomic E-state index is -5.15. The zero-order valence-electron chi connectivity index (χ0n) is 16.6. The Morgan fingerprint density at radius 1 is 1.00 bits per heavy atom. The van der Waals surface area contributed by atoms with Gasteiger partial charge in [-0.3, -0.25) is 14.6 Å². The monoisotopic (exact) mass is 469 g/mol. The third kappa shape index (κ3) is 4.89. The Kier molecular flexibility index (Phi) is 6.29. The lowest BCUT2D eigenvalue weighted by molar-refractivity contribution is -0.140. The number of rotatable bonds is 5. The van der Waals surface area contributed by atoms with Gasteiger partial charge in [-0.2, -0.15) is 13.2 Å². The Morgan fingerprint density at radius 2 is 1.67 bits per heavy atom. The molecule has 33 heavy (non-hydrogen) atoms. The largest absolute Gasteiger partial charge is 0.456 e. The summed E-state index contributed by atoms with van der Waals surface area (Å²) in [6.45, 7) is 1.12. The van der Waals surface area contributed by atoms with Crippen LogP contribution >= 0.6 is 0 Å². The quantitative estimate of drug-likeness (QED) is 0.516. The van der Waals surface area contributed by atoms with E-state index in [1.54, 1.807) is 0 Å². The van der Waals surface area contributed by atoms with Crippen LogP contribution in [0.3, 0.4) is 0 Å². The summed E-state index contributed by atoms with van der Waals surface area (Å²) in [7, 11) is 0. The minimum absolute atomic E-state index is 0.129. The molecule has 0 spiro atoms. The molecule has 0 unspecified atom stereocenters. The third-order valence-electron chi connectivity index (χ3n) is 4.42. The SMILES string of the molecule is Cc1c(Oc2ccc(C(F)(F)F)c(F)c2C(=O)Nc2ccnc(C(N)=O)c2)ccc(F)c1F. The number of pyridine rings is 1. The number of benzene rings is 2. The van der Waals surface area contributed by atoms with Crippen LogP contribution in [-0.2, 0) is 6.18 Å². The highest BCUT2D eigenvalue weighted by atomic mass is 19.4. The summed E-state index contributed by atoms with van der Waals surface area (Å²) in [6, 6.07) is 4.87. The number of ether oxygens (including phenoxy) is 1. The molecular formula is C21H13F6N3O3. The molecule has 0 aliphatic heterocycles. The molecule has 0 saturated heterocycles. The molecule has 6 nitrogen and oxygen atoms in total. The summed E-state index contributed by atoms with van der Waals surface area (Å²) in [4.78, 5) is 27.6. The van der Waals surface area contributed by atoms with E-state index in [1.165, 1.54) is 6.07 Å². The number of aromatic nitrogens is 1. The zero-order valence-corrected chi connectivity index (χ0v) is 16.6. The van der Waals surface area contributed by atoms with E-state index in [2.05, 4.69) is 10.3 Å². The average molecular weight is 469 g/mol. The van der Waals surface area contributed by atoms with Crippen LogP contribution in [0.1, 0.15) is 32.0 Å². The van der Waals surface area contributed by atoms with Crippen LogP contribution in [0.15, 0.2) is 42.6 Å². The van der Waals surface area contributed by atoms with Crippen molar-refractivity contribution in [1.82, 2.24) is 4.98 Å². The lowest BCUT2D eigenvalue weighted by atomic mass is 10.1. The van der Waals surface area contributed by atoms with E-state index in [-0.39, 0.29) is 22.7 Å². The number of carbonyl (C=O) groups is 2. The first-order valence-electron chi connectivity index (χ1n) is 8.99. The number of amides is 2. The molecule has 2 aromatic carbocycles. The van der Waals surface area contributed by atoms with E-state index in [4.69, 9.17) is 10.5 Å². The van der Waals surface area contributed by atoms with Gasteiger partial charge in [0.15, 0.2) is 17.5 Å². The van der Waals surface area contributed by atoms with Gasteiger partial charge in [-0.1, -0.05) is 0 Å². The molecule has 3 N–H and O–H groups in total. The van der Waals surface area contributed by atoms with E-state index in [0.29, 0.717) is 18.2 Å². The predicted molar refractivity (Wildman–Crippen MR) is 103 cm³/mol. The summed E-state index contributed by atoms with van der Waals surface area (Å²) in [5.74, 6) is -7.84. The van der Waals surface area contributed by atoms with Crippen molar-refractivity contribution < 1.29 is 40.7 Å². The topological polar surface area (TPSA) is 94.3 Å². The molecule has 0 radical (unpaired) electrons. The summed E-state index contributed by atoms with van der Waals surface area (Å²) in [5.41, 5.74) is 1.41. The lowest BCUT2D eigenvalue weighted by Gasteiger charge is -2.17. The number of anilines is 1. The third-order valence-corrected chi connectivity index (χ3v) is 4.42. The van der Waals surface area contributed by atoms with Crippen molar-refractivity contribution in [2.75, 3.05) is 5.32 Å². The molecular weight excluding hydrogens is 456 g/mol. The number of hydrogen-bond acceptors (Lipinski definition) is 4. The van der Waals surface area contributed by atoms with Crippen LogP contribution in [0.4, 0.5) is 32.0 Å². The van der Waals surface area contributed by atoms with Crippen molar-refractivity contribution in [2.45, 2.75) is 13.1 Å². The number of primary amides is 1. The summed E-state index contributed by atoms with van der Waals surface area (Å²) in [6.07, 6.45) is -4.06. The minimum Gasteiger partial charge on any atom is -0.456 e. The van der Waals surface area contributed by atoms with Crippen molar-refractivity contribution >= 4 is 17.5 Å². The van der Waals surface area contributed by atoms with Gasteiger partial charge in [0, 0.05) is 17.4 Å². The standard InChI is InChI=1S/C21H13F6N3O3/c1-9-14(5-3-12(22)17(9)23)33-15-4-2-11(21(25,26)27)18(24)16(15)20(32)30-10-6-7-29-13(8-10)19(28)31/h2-8H,1H3,(H2,28,31)(H,29,30,32). The molecule has 3 aromatic rings. The van der Waals surface area contributed by atoms with Gasteiger partial charge in [-0.05, 0) is 43.3 Å². The summed E-state index contributed by atoms with van der Waals surface area (Å²) < 4.78 is 87.0. The van der Waals surface area contributed by atoms with Gasteiger partial charge in [0.05, 0.1) is 5.56 Å². The van der Waals surface area contributed by atoms with Crippen LogP contribution in [0.5, 0.6) is 11.5 Å². The maximum Gasteiger partial charge on any atom is 0.419 e. The zero-order chi connectivity index (χ0) is 24.5. The number of alkyl halides is 3. The Balaban J connectivity index is 2.09. The number of carbonyl (C=O) groups excluding carboxylic acids is 2. The molecule has 172 valence electrons. The van der Waals surface area contributed by atoms with Crippen LogP contribution in [0.25, 0.3) is 0 Å². The fourth-order valence-corrected chi connectivity index (χ4v) is 2.77. The number of hydrogen-bond donors (Lipinski definition) is 2. The number of nitrogens with one attached hydrogen (secondary N) is 1. The second-order valence-electron chi connectivity index (χ2n) is 6.63. The van der Waals surface area contributed by atoms with Gasteiger partial charge < -0.3 is 15.8 Å². The first kappa shape index (κ1) is 23.6. The molecule has 0 bridgehead atoms. The average Bonchev–Trinajstić information content (AvgIpc) is 2.73. The highest BCUT2D eigenvalue weighted by Crippen LogP contribution is 2.38. The molecule has 0 aliphatic rings. The Hall–Kier alpha value is -4.09. The van der Waals surface area contributed by atoms with Crippen LogP contribution in [0.2, 0.25) is 0 Å². The van der Waals surface area contributed by atoms with E-state index < -0.39 is 52.3 Å². The van der Waals surface area contributed by atoms with Gasteiger partial charge in [-0.15, -0.1) is 0 Å².